The molecule has 0 amide bonds. The van der Waals surface area contributed by atoms with E-state index in [1.165, 1.54) is 19.3 Å². The predicted molar refractivity (Wildman–Crippen MR) is 52.1 cm³/mol. The molecule has 12 heavy (non-hydrogen) atoms. The lowest BCUT2D eigenvalue weighted by Gasteiger charge is -2.42. The molecule has 2 rings (SSSR count). The van der Waals surface area contributed by atoms with E-state index < -0.39 is 0 Å². The van der Waals surface area contributed by atoms with Gasteiger partial charge < -0.3 is 5.32 Å². The molecule has 0 saturated heterocycles. The van der Waals surface area contributed by atoms with Crippen molar-refractivity contribution in [2.45, 2.75) is 46.1 Å². The van der Waals surface area contributed by atoms with Crippen LogP contribution in [0.2, 0.25) is 0 Å². The van der Waals surface area contributed by atoms with E-state index in [1.807, 2.05) is 0 Å². The van der Waals surface area contributed by atoms with Crippen molar-refractivity contribution >= 4 is 0 Å². The highest BCUT2D eigenvalue weighted by Crippen LogP contribution is 2.62. The van der Waals surface area contributed by atoms with Crippen LogP contribution in [-0.4, -0.2) is 13.1 Å². The van der Waals surface area contributed by atoms with Crippen LogP contribution in [0.3, 0.4) is 0 Å². The average Bonchev–Trinajstić information content (AvgIpc) is 2.39. The second kappa shape index (κ2) is 2.25. The fourth-order valence-electron chi connectivity index (χ4n) is 4.02. The van der Waals surface area contributed by atoms with E-state index in [1.54, 1.807) is 0 Å². The SMILES string of the molecule is CNC1C(C)(C)[C@@H]2CC[C@@]1(C)C2. The molecule has 1 N–H and O–H groups in total. The van der Waals surface area contributed by atoms with Gasteiger partial charge in [0.25, 0.3) is 0 Å². The van der Waals surface area contributed by atoms with Gasteiger partial charge in [-0.2, -0.15) is 0 Å². The summed E-state index contributed by atoms with van der Waals surface area (Å²) in [6.45, 7) is 7.33. The Kier molecular flexibility index (Phi) is 1.61. The zero-order valence-corrected chi connectivity index (χ0v) is 8.78. The zero-order chi connectivity index (χ0) is 8.98. The molecule has 1 heteroatoms. The van der Waals surface area contributed by atoms with Crippen molar-refractivity contribution in [1.29, 1.82) is 0 Å². The summed E-state index contributed by atoms with van der Waals surface area (Å²) in [4.78, 5) is 0. The van der Waals surface area contributed by atoms with Crippen LogP contribution in [0.5, 0.6) is 0 Å². The molecular formula is C11H21N. The maximum Gasteiger partial charge on any atom is 0.0172 e. The summed E-state index contributed by atoms with van der Waals surface area (Å²) in [6.07, 6.45) is 4.35. The van der Waals surface area contributed by atoms with Gasteiger partial charge in [-0.25, -0.2) is 0 Å². The normalized spacial score (nSPS) is 50.0. The summed E-state index contributed by atoms with van der Waals surface area (Å²) in [7, 11) is 2.12. The van der Waals surface area contributed by atoms with Crippen molar-refractivity contribution in [2.24, 2.45) is 16.7 Å². The van der Waals surface area contributed by atoms with Crippen LogP contribution >= 0.6 is 0 Å². The van der Waals surface area contributed by atoms with Crippen molar-refractivity contribution in [3.63, 3.8) is 0 Å². The van der Waals surface area contributed by atoms with Gasteiger partial charge in [-0.15, -0.1) is 0 Å². The van der Waals surface area contributed by atoms with Crippen molar-refractivity contribution in [3.05, 3.63) is 0 Å². The molecule has 2 aliphatic rings. The van der Waals surface area contributed by atoms with Gasteiger partial charge in [0.1, 0.15) is 0 Å². The first-order valence-corrected chi connectivity index (χ1v) is 5.18. The van der Waals surface area contributed by atoms with Crippen LogP contribution in [0.15, 0.2) is 0 Å². The van der Waals surface area contributed by atoms with Gasteiger partial charge >= 0.3 is 0 Å². The highest BCUT2D eigenvalue weighted by molar-refractivity contribution is 5.11. The van der Waals surface area contributed by atoms with Gasteiger partial charge in [0.2, 0.25) is 0 Å². The highest BCUT2D eigenvalue weighted by Gasteiger charge is 2.58. The Labute approximate surface area is 75.9 Å². The standard InChI is InChI=1S/C11H21N/c1-10(2)8-5-6-11(3,7-8)9(10)12-4/h8-9,12H,5-7H2,1-4H3/t8-,9?,11+/m1/s1. The maximum absolute atomic E-state index is 3.53. The van der Waals surface area contributed by atoms with E-state index in [9.17, 15) is 0 Å². The van der Waals surface area contributed by atoms with Crippen LogP contribution in [0, 0.1) is 16.7 Å². The molecule has 0 aromatic heterocycles. The average molecular weight is 167 g/mol. The summed E-state index contributed by atoms with van der Waals surface area (Å²) < 4.78 is 0. The summed E-state index contributed by atoms with van der Waals surface area (Å²) in [5.41, 5.74) is 1.13. The Morgan fingerprint density at radius 2 is 1.92 bits per heavy atom. The Balaban J connectivity index is 2.31. The van der Waals surface area contributed by atoms with Crippen LogP contribution < -0.4 is 5.32 Å². The second-order valence-corrected chi connectivity index (χ2v) is 5.64. The molecule has 0 heterocycles. The van der Waals surface area contributed by atoms with E-state index in [0.717, 1.165) is 12.0 Å². The van der Waals surface area contributed by atoms with Crippen molar-refractivity contribution in [3.8, 4) is 0 Å². The fraction of sp³-hybridized carbons (Fsp3) is 1.00. The van der Waals surface area contributed by atoms with Crippen molar-refractivity contribution in [2.75, 3.05) is 7.05 Å². The molecule has 70 valence electrons. The first-order valence-electron chi connectivity index (χ1n) is 5.18. The fourth-order valence-corrected chi connectivity index (χ4v) is 4.02. The van der Waals surface area contributed by atoms with Gasteiger partial charge in [-0.05, 0) is 43.1 Å². The first-order chi connectivity index (χ1) is 5.50. The van der Waals surface area contributed by atoms with Crippen LogP contribution in [0.25, 0.3) is 0 Å². The van der Waals surface area contributed by atoms with Gasteiger partial charge in [-0.3, -0.25) is 0 Å². The summed E-state index contributed by atoms with van der Waals surface area (Å²) in [5, 5.41) is 3.53. The lowest BCUT2D eigenvalue weighted by atomic mass is 9.68. The lowest BCUT2D eigenvalue weighted by Crippen LogP contribution is -2.48. The van der Waals surface area contributed by atoms with Gasteiger partial charge in [0.05, 0.1) is 0 Å². The van der Waals surface area contributed by atoms with Crippen molar-refractivity contribution < 1.29 is 0 Å². The molecule has 0 aliphatic heterocycles. The molecule has 0 spiro atoms. The molecule has 2 fully saturated rings. The molecule has 2 bridgehead atoms. The summed E-state index contributed by atoms with van der Waals surface area (Å²) in [6, 6.07) is 0.740. The Bertz CT molecular complexity index is 192. The molecule has 1 unspecified atom stereocenters. The van der Waals surface area contributed by atoms with E-state index in [2.05, 4.69) is 33.1 Å². The second-order valence-electron chi connectivity index (χ2n) is 5.64. The number of fused-ring (bicyclic) bond motifs is 2. The van der Waals surface area contributed by atoms with Crippen LogP contribution in [-0.2, 0) is 0 Å². The van der Waals surface area contributed by atoms with Crippen LogP contribution in [0.1, 0.15) is 40.0 Å². The minimum absolute atomic E-state index is 0.530. The third-order valence-electron chi connectivity index (χ3n) is 4.56. The van der Waals surface area contributed by atoms with E-state index >= 15 is 0 Å². The molecule has 0 radical (unpaired) electrons. The third-order valence-corrected chi connectivity index (χ3v) is 4.56. The molecule has 3 atom stereocenters. The molecule has 0 aromatic rings. The number of rotatable bonds is 1. The Morgan fingerprint density at radius 3 is 2.25 bits per heavy atom. The Hall–Kier alpha value is -0.0400. The summed E-state index contributed by atoms with van der Waals surface area (Å²) >= 11 is 0. The minimum Gasteiger partial charge on any atom is -0.316 e. The monoisotopic (exact) mass is 167 g/mol. The number of hydrogen-bond acceptors (Lipinski definition) is 1. The quantitative estimate of drug-likeness (QED) is 0.632. The Morgan fingerprint density at radius 1 is 1.25 bits per heavy atom. The minimum atomic E-state index is 0.530. The van der Waals surface area contributed by atoms with E-state index in [4.69, 9.17) is 0 Å². The van der Waals surface area contributed by atoms with Gasteiger partial charge in [0.15, 0.2) is 0 Å². The van der Waals surface area contributed by atoms with Gasteiger partial charge in [-0.1, -0.05) is 20.8 Å². The largest absolute Gasteiger partial charge is 0.316 e. The molecule has 2 saturated carbocycles. The highest BCUT2D eigenvalue weighted by atomic mass is 15.0. The topological polar surface area (TPSA) is 12.0 Å². The van der Waals surface area contributed by atoms with Gasteiger partial charge in [0, 0.05) is 6.04 Å². The molecule has 2 aliphatic carbocycles. The third kappa shape index (κ3) is 0.834. The van der Waals surface area contributed by atoms with Crippen molar-refractivity contribution in [1.82, 2.24) is 5.32 Å². The molecule has 1 nitrogen and oxygen atoms in total. The smallest absolute Gasteiger partial charge is 0.0172 e. The van der Waals surface area contributed by atoms with Crippen LogP contribution in [0.4, 0.5) is 0 Å². The summed E-state index contributed by atoms with van der Waals surface area (Å²) in [5.74, 6) is 0.972. The zero-order valence-electron chi connectivity index (χ0n) is 8.78. The number of hydrogen-bond donors (Lipinski definition) is 1. The van der Waals surface area contributed by atoms with E-state index in [-0.39, 0.29) is 0 Å². The lowest BCUT2D eigenvalue weighted by molar-refractivity contribution is 0.116. The molecule has 0 aromatic carbocycles. The van der Waals surface area contributed by atoms with E-state index in [0.29, 0.717) is 10.8 Å². The number of nitrogens with one attached hydrogen (secondary N) is 1. The predicted octanol–water partition coefficient (Wildman–Crippen LogP) is 2.42. The first kappa shape index (κ1) is 8.55. The maximum atomic E-state index is 3.53. The molecular weight excluding hydrogens is 146 g/mol.